The third kappa shape index (κ3) is 6.03. The molecule has 190 valence electrons. The first-order valence-corrected chi connectivity index (χ1v) is 12.8. The van der Waals surface area contributed by atoms with Gasteiger partial charge in [0.15, 0.2) is 5.78 Å². The molecule has 0 radical (unpaired) electrons. The molecule has 7 heteroatoms. The van der Waals surface area contributed by atoms with Crippen molar-refractivity contribution >= 4 is 29.3 Å². The quantitative estimate of drug-likeness (QED) is 0.327. The minimum Gasteiger partial charge on any atom is -0.486 e. The van der Waals surface area contributed by atoms with E-state index in [1.165, 1.54) is 0 Å². The second-order valence-corrected chi connectivity index (χ2v) is 9.94. The average Bonchev–Trinajstić information content (AvgIpc) is 3.42. The van der Waals surface area contributed by atoms with Crippen molar-refractivity contribution in [3.63, 3.8) is 0 Å². The van der Waals surface area contributed by atoms with Crippen LogP contribution in [0.15, 0.2) is 78.9 Å². The Kier molecular flexibility index (Phi) is 7.56. The maximum atomic E-state index is 13.0. The van der Waals surface area contributed by atoms with Crippen LogP contribution in [-0.2, 0) is 19.1 Å². The van der Waals surface area contributed by atoms with E-state index < -0.39 is 12.1 Å². The number of ketones is 1. The lowest BCUT2D eigenvalue weighted by molar-refractivity contribution is -0.141. The van der Waals surface area contributed by atoms with Gasteiger partial charge in [-0.25, -0.2) is 4.79 Å². The van der Waals surface area contributed by atoms with Crippen LogP contribution in [0.1, 0.15) is 36.0 Å². The molecular formula is C30H27ClO6. The summed E-state index contributed by atoms with van der Waals surface area (Å²) in [5.74, 6) is -0.406. The molecule has 6 nitrogen and oxygen atoms in total. The van der Waals surface area contributed by atoms with Gasteiger partial charge in [-0.05, 0) is 47.9 Å². The molecule has 4 atom stereocenters. The molecule has 1 heterocycles. The number of carbonyl (C=O) groups is 3. The molecule has 37 heavy (non-hydrogen) atoms. The van der Waals surface area contributed by atoms with Crippen molar-refractivity contribution in [2.45, 2.75) is 37.9 Å². The first-order valence-electron chi connectivity index (χ1n) is 12.4. The van der Waals surface area contributed by atoms with E-state index >= 15 is 0 Å². The van der Waals surface area contributed by atoms with Crippen LogP contribution >= 0.6 is 11.6 Å². The van der Waals surface area contributed by atoms with Gasteiger partial charge in [-0.15, -0.1) is 0 Å². The summed E-state index contributed by atoms with van der Waals surface area (Å²) in [6.45, 7) is -0.0746. The number of hydrogen-bond acceptors (Lipinski definition) is 6. The van der Waals surface area contributed by atoms with E-state index in [-0.39, 0.29) is 49.1 Å². The van der Waals surface area contributed by atoms with E-state index in [2.05, 4.69) is 0 Å². The molecule has 5 rings (SSSR count). The molecule has 0 amide bonds. The van der Waals surface area contributed by atoms with E-state index in [1.807, 2.05) is 42.5 Å². The monoisotopic (exact) mass is 518 g/mol. The van der Waals surface area contributed by atoms with Crippen LogP contribution in [0.2, 0.25) is 5.02 Å². The smallest absolute Gasteiger partial charge is 0.338 e. The normalized spacial score (nSPS) is 22.2. The molecule has 1 saturated carbocycles. The van der Waals surface area contributed by atoms with Crippen LogP contribution in [0, 0.1) is 11.8 Å². The fourth-order valence-electron chi connectivity index (χ4n) is 5.25. The highest BCUT2D eigenvalue weighted by Crippen LogP contribution is 2.45. The van der Waals surface area contributed by atoms with Gasteiger partial charge in [0.2, 0.25) is 0 Å². The number of benzene rings is 3. The summed E-state index contributed by atoms with van der Waals surface area (Å²) in [6, 6.07) is 24.1. The largest absolute Gasteiger partial charge is 0.486 e. The van der Waals surface area contributed by atoms with Crippen LogP contribution < -0.4 is 4.74 Å². The van der Waals surface area contributed by atoms with Gasteiger partial charge < -0.3 is 14.2 Å². The number of Topliss-reactive ketones (excluding diaryl/α,β-unsaturated/α-hetero) is 1. The predicted octanol–water partition coefficient (Wildman–Crippen LogP) is 5.91. The van der Waals surface area contributed by atoms with Gasteiger partial charge in [0.25, 0.3) is 0 Å². The first-order chi connectivity index (χ1) is 18.0. The van der Waals surface area contributed by atoms with Crippen molar-refractivity contribution in [3.8, 4) is 16.9 Å². The lowest BCUT2D eigenvalue weighted by atomic mass is 9.87. The van der Waals surface area contributed by atoms with Gasteiger partial charge in [0.05, 0.1) is 12.0 Å². The first kappa shape index (κ1) is 25.0. The molecule has 0 aromatic heterocycles. The number of esters is 2. The molecule has 1 saturated heterocycles. The lowest BCUT2D eigenvalue weighted by Gasteiger charge is -2.23. The Balaban J connectivity index is 1.20. The van der Waals surface area contributed by atoms with Crippen LogP contribution in [0.4, 0.5) is 0 Å². The van der Waals surface area contributed by atoms with E-state index in [4.69, 9.17) is 25.8 Å². The summed E-state index contributed by atoms with van der Waals surface area (Å²) in [5, 5.41) is 0.534. The fourth-order valence-corrected chi connectivity index (χ4v) is 5.43. The number of halogens is 1. The van der Waals surface area contributed by atoms with Crippen molar-refractivity contribution in [2.75, 3.05) is 6.61 Å². The van der Waals surface area contributed by atoms with Gasteiger partial charge >= 0.3 is 11.9 Å². The third-order valence-corrected chi connectivity index (χ3v) is 7.33. The predicted molar refractivity (Wildman–Crippen MR) is 138 cm³/mol. The second-order valence-electron chi connectivity index (χ2n) is 9.51. The molecule has 1 aliphatic carbocycles. The highest BCUT2D eigenvalue weighted by atomic mass is 35.5. The Morgan fingerprint density at radius 3 is 2.46 bits per heavy atom. The summed E-state index contributed by atoms with van der Waals surface area (Å²) >= 11 is 5.96. The highest BCUT2D eigenvalue weighted by molar-refractivity contribution is 6.30. The molecule has 4 unspecified atom stereocenters. The van der Waals surface area contributed by atoms with Crippen LogP contribution in [0.25, 0.3) is 11.1 Å². The molecule has 1 aliphatic heterocycles. The zero-order valence-corrected chi connectivity index (χ0v) is 20.9. The molecule has 3 aromatic rings. The second kappa shape index (κ2) is 11.2. The Bertz CT molecular complexity index is 1270. The zero-order chi connectivity index (χ0) is 25.8. The Morgan fingerprint density at radius 2 is 1.70 bits per heavy atom. The van der Waals surface area contributed by atoms with Crippen molar-refractivity contribution < 1.29 is 28.6 Å². The Morgan fingerprint density at radius 1 is 0.946 bits per heavy atom. The Hall–Kier alpha value is -3.64. The van der Waals surface area contributed by atoms with Crippen LogP contribution in [0.3, 0.4) is 0 Å². The number of carbonyl (C=O) groups excluding carboxylic acids is 3. The van der Waals surface area contributed by atoms with Gasteiger partial charge in [0, 0.05) is 29.7 Å². The minimum absolute atomic E-state index is 0.0626. The van der Waals surface area contributed by atoms with Crippen molar-refractivity contribution in [3.05, 3.63) is 89.4 Å². The summed E-state index contributed by atoms with van der Waals surface area (Å²) in [6.07, 6.45) is 0.757. The molecular weight excluding hydrogens is 492 g/mol. The summed E-state index contributed by atoms with van der Waals surface area (Å²) in [4.78, 5) is 37.4. The maximum Gasteiger partial charge on any atom is 0.338 e. The minimum atomic E-state index is -0.425. The fraction of sp³-hybridized carbons (Fsp3) is 0.300. The molecule has 2 aliphatic rings. The van der Waals surface area contributed by atoms with E-state index in [9.17, 15) is 14.4 Å². The molecule has 3 aromatic carbocycles. The van der Waals surface area contributed by atoms with Crippen LogP contribution in [0.5, 0.6) is 5.75 Å². The molecule has 0 spiro atoms. The average molecular weight is 519 g/mol. The lowest BCUT2D eigenvalue weighted by Crippen LogP contribution is -2.27. The SMILES string of the molecule is O=C(CCC1C(OC(=O)c2ccc(-c3ccccc3)cc2)CC2OC(=O)CC21)COc1cccc(Cl)c1. The molecule has 2 fully saturated rings. The van der Waals surface area contributed by atoms with Gasteiger partial charge in [-0.1, -0.05) is 60.1 Å². The summed E-state index contributed by atoms with van der Waals surface area (Å²) < 4.78 is 16.9. The summed E-state index contributed by atoms with van der Waals surface area (Å²) in [7, 11) is 0. The summed E-state index contributed by atoms with van der Waals surface area (Å²) in [5.41, 5.74) is 2.53. The maximum absolute atomic E-state index is 13.0. The number of rotatable bonds is 9. The van der Waals surface area contributed by atoms with Crippen molar-refractivity contribution in [1.82, 2.24) is 0 Å². The van der Waals surface area contributed by atoms with E-state index in [0.717, 1.165) is 11.1 Å². The number of hydrogen-bond donors (Lipinski definition) is 0. The topological polar surface area (TPSA) is 78.9 Å². The third-order valence-electron chi connectivity index (χ3n) is 7.09. The van der Waals surface area contributed by atoms with Gasteiger partial charge in [-0.2, -0.15) is 0 Å². The number of fused-ring (bicyclic) bond motifs is 1. The van der Waals surface area contributed by atoms with E-state index in [0.29, 0.717) is 29.2 Å². The van der Waals surface area contributed by atoms with Crippen LogP contribution in [-0.4, -0.2) is 36.5 Å². The standard InChI is InChI=1S/C30H27ClO6/c31-22-7-4-8-24(15-22)35-18-23(32)13-14-25-26-16-29(33)36-28(26)17-27(25)37-30(34)21-11-9-20(10-12-21)19-5-2-1-3-6-19/h1-12,15,25-28H,13-14,16-18H2. The highest BCUT2D eigenvalue weighted by Gasteiger charge is 2.51. The Labute approximate surface area is 220 Å². The molecule has 0 bridgehead atoms. The number of ether oxygens (including phenoxy) is 3. The molecule has 0 N–H and O–H groups in total. The van der Waals surface area contributed by atoms with Crippen molar-refractivity contribution in [1.29, 1.82) is 0 Å². The van der Waals surface area contributed by atoms with Gasteiger partial charge in [0.1, 0.15) is 24.6 Å². The van der Waals surface area contributed by atoms with Crippen molar-refractivity contribution in [2.24, 2.45) is 11.8 Å². The van der Waals surface area contributed by atoms with E-state index in [1.54, 1.807) is 36.4 Å². The van der Waals surface area contributed by atoms with Gasteiger partial charge in [-0.3, -0.25) is 9.59 Å². The zero-order valence-electron chi connectivity index (χ0n) is 20.2.